The highest BCUT2D eigenvalue weighted by Crippen LogP contribution is 2.46. The smallest absolute Gasteiger partial charge is 0.306 e. The molecule has 176 valence electrons. The molecule has 3 aromatic carbocycles. The predicted octanol–water partition coefficient (Wildman–Crippen LogP) is 7.47. The van der Waals surface area contributed by atoms with Crippen LogP contribution >= 0.6 is 0 Å². The highest BCUT2D eigenvalue weighted by molar-refractivity contribution is 5.71. The number of carboxylic acids is 1. The van der Waals surface area contributed by atoms with E-state index in [0.29, 0.717) is 11.5 Å². The molecule has 0 radical (unpaired) electrons. The van der Waals surface area contributed by atoms with Gasteiger partial charge in [0.25, 0.3) is 0 Å². The molecule has 3 aromatic rings. The van der Waals surface area contributed by atoms with Gasteiger partial charge in [-0.2, -0.15) is 0 Å². The van der Waals surface area contributed by atoms with Crippen LogP contribution in [0.5, 0.6) is 5.75 Å². The lowest BCUT2D eigenvalue weighted by atomic mass is 9.68. The highest BCUT2D eigenvalue weighted by atomic mass is 19.1. The SMILES string of the molecule is Cc1ccc(F)c(-c2ccc(C3CCc4ccc(C(C5CCC5)C(C)C(=O)O)cc4O3)cc2)c1. The van der Waals surface area contributed by atoms with Gasteiger partial charge in [0.1, 0.15) is 17.7 Å². The van der Waals surface area contributed by atoms with Gasteiger partial charge in [-0.05, 0) is 84.9 Å². The van der Waals surface area contributed by atoms with Crippen molar-refractivity contribution in [1.82, 2.24) is 0 Å². The van der Waals surface area contributed by atoms with Crippen LogP contribution in [0.25, 0.3) is 11.1 Å². The fraction of sp³-hybridized carbons (Fsp3) is 0.367. The second-order valence-electron chi connectivity index (χ2n) is 9.96. The van der Waals surface area contributed by atoms with E-state index in [1.165, 1.54) is 18.1 Å². The number of hydrogen-bond donors (Lipinski definition) is 1. The Morgan fingerprint density at radius 3 is 2.47 bits per heavy atom. The van der Waals surface area contributed by atoms with Gasteiger partial charge in [0.05, 0.1) is 5.92 Å². The van der Waals surface area contributed by atoms with Crippen molar-refractivity contribution >= 4 is 5.97 Å². The molecule has 1 saturated carbocycles. The van der Waals surface area contributed by atoms with Crippen molar-refractivity contribution in [1.29, 1.82) is 0 Å². The van der Waals surface area contributed by atoms with Gasteiger partial charge < -0.3 is 9.84 Å². The normalized spacial score (nSPS) is 19.4. The Morgan fingerprint density at radius 2 is 1.79 bits per heavy atom. The maximum atomic E-state index is 14.3. The number of aliphatic carboxylic acids is 1. The lowest BCUT2D eigenvalue weighted by Crippen LogP contribution is -2.30. The zero-order chi connectivity index (χ0) is 23.8. The van der Waals surface area contributed by atoms with E-state index < -0.39 is 11.9 Å². The van der Waals surface area contributed by atoms with Crippen molar-refractivity contribution in [2.75, 3.05) is 0 Å². The van der Waals surface area contributed by atoms with Gasteiger partial charge >= 0.3 is 5.97 Å². The molecule has 1 N–H and O–H groups in total. The monoisotopic (exact) mass is 458 g/mol. The molecule has 0 amide bonds. The number of ether oxygens (including phenoxy) is 1. The molecule has 2 aliphatic rings. The van der Waals surface area contributed by atoms with E-state index in [9.17, 15) is 14.3 Å². The van der Waals surface area contributed by atoms with Gasteiger partial charge in [-0.25, -0.2) is 4.39 Å². The first-order chi connectivity index (χ1) is 16.4. The maximum Gasteiger partial charge on any atom is 0.306 e. The lowest BCUT2D eigenvalue weighted by Gasteiger charge is -2.37. The average Bonchev–Trinajstić information content (AvgIpc) is 2.81. The summed E-state index contributed by atoms with van der Waals surface area (Å²) < 4.78 is 20.8. The summed E-state index contributed by atoms with van der Waals surface area (Å²) in [6, 6.07) is 19.5. The summed E-state index contributed by atoms with van der Waals surface area (Å²) in [6.45, 7) is 3.79. The summed E-state index contributed by atoms with van der Waals surface area (Å²) in [5.41, 5.74) is 5.82. The number of carboxylic acid groups (broad SMARTS) is 1. The van der Waals surface area contributed by atoms with Crippen LogP contribution in [0, 0.1) is 24.6 Å². The quantitative estimate of drug-likeness (QED) is 0.417. The molecule has 1 aliphatic carbocycles. The minimum atomic E-state index is -0.737. The van der Waals surface area contributed by atoms with Crippen molar-refractivity contribution in [3.05, 3.63) is 88.7 Å². The van der Waals surface area contributed by atoms with Crippen molar-refractivity contribution in [3.8, 4) is 16.9 Å². The Balaban J connectivity index is 1.38. The van der Waals surface area contributed by atoms with Crippen molar-refractivity contribution in [3.63, 3.8) is 0 Å². The van der Waals surface area contributed by atoms with Crippen LogP contribution in [0.4, 0.5) is 4.39 Å². The Morgan fingerprint density at radius 1 is 1.03 bits per heavy atom. The average molecular weight is 459 g/mol. The van der Waals surface area contributed by atoms with E-state index in [4.69, 9.17) is 4.74 Å². The minimum Gasteiger partial charge on any atom is -0.485 e. The van der Waals surface area contributed by atoms with Crippen molar-refractivity contribution < 1.29 is 19.0 Å². The molecule has 1 aliphatic heterocycles. The van der Waals surface area contributed by atoms with Crippen LogP contribution in [-0.4, -0.2) is 11.1 Å². The van der Waals surface area contributed by atoms with Crippen LogP contribution in [0.15, 0.2) is 60.7 Å². The summed E-state index contributed by atoms with van der Waals surface area (Å²) in [5, 5.41) is 9.69. The van der Waals surface area contributed by atoms with E-state index in [1.807, 2.05) is 44.2 Å². The van der Waals surface area contributed by atoms with Crippen LogP contribution in [-0.2, 0) is 11.2 Å². The van der Waals surface area contributed by atoms with Gasteiger partial charge in [-0.15, -0.1) is 0 Å². The summed E-state index contributed by atoms with van der Waals surface area (Å²) in [6.07, 6.45) is 5.09. The molecule has 34 heavy (non-hydrogen) atoms. The topological polar surface area (TPSA) is 46.5 Å². The largest absolute Gasteiger partial charge is 0.485 e. The number of rotatable bonds is 6. The fourth-order valence-electron chi connectivity index (χ4n) is 5.49. The van der Waals surface area contributed by atoms with Gasteiger partial charge in [0.2, 0.25) is 0 Å². The van der Waals surface area contributed by atoms with Crippen LogP contribution in [0.2, 0.25) is 0 Å². The summed E-state index contributed by atoms with van der Waals surface area (Å²) in [7, 11) is 0. The third kappa shape index (κ3) is 4.34. The first-order valence-electron chi connectivity index (χ1n) is 12.3. The number of halogens is 1. The molecule has 4 heteroatoms. The molecule has 3 atom stereocenters. The lowest BCUT2D eigenvalue weighted by molar-refractivity contribution is -0.142. The molecular weight excluding hydrogens is 427 g/mol. The standard InChI is InChI=1S/C30H31FO3/c1-18-6-14-26(31)25(16-18)20-7-9-21(10-8-20)27-15-13-22-11-12-24(17-28(22)34-27)29(19(2)30(32)33)23-4-3-5-23/h6-12,14,16-17,19,23,27,29H,3-5,13,15H2,1-2H3,(H,32,33). The fourth-order valence-corrected chi connectivity index (χ4v) is 5.49. The Hall–Kier alpha value is -3.14. The van der Waals surface area contributed by atoms with Crippen molar-refractivity contribution in [2.24, 2.45) is 11.8 Å². The third-order valence-electron chi connectivity index (χ3n) is 7.72. The van der Waals surface area contributed by atoms with Crippen molar-refractivity contribution in [2.45, 2.75) is 58.0 Å². The van der Waals surface area contributed by atoms with Gasteiger partial charge in [-0.1, -0.05) is 61.4 Å². The van der Waals surface area contributed by atoms with Gasteiger partial charge in [-0.3, -0.25) is 4.79 Å². The first kappa shape index (κ1) is 22.6. The summed E-state index contributed by atoms with van der Waals surface area (Å²) in [5.74, 6) is -0.0622. The molecule has 1 fully saturated rings. The van der Waals surface area contributed by atoms with E-state index in [-0.39, 0.29) is 17.8 Å². The second-order valence-corrected chi connectivity index (χ2v) is 9.96. The summed E-state index contributed by atoms with van der Waals surface area (Å²) >= 11 is 0. The van der Waals surface area contributed by atoms with E-state index in [2.05, 4.69) is 18.2 Å². The molecule has 3 nitrogen and oxygen atoms in total. The number of benzene rings is 3. The van der Waals surface area contributed by atoms with Gasteiger partial charge in [0, 0.05) is 5.56 Å². The molecule has 0 aromatic heterocycles. The van der Waals surface area contributed by atoms with Crippen LogP contribution < -0.4 is 4.74 Å². The molecular formula is C30H31FO3. The molecule has 5 rings (SSSR count). The van der Waals surface area contributed by atoms with E-state index in [1.54, 1.807) is 6.07 Å². The second kappa shape index (κ2) is 9.25. The van der Waals surface area contributed by atoms with E-state index in [0.717, 1.165) is 53.7 Å². The molecule has 0 bridgehead atoms. The van der Waals surface area contributed by atoms with Crippen LogP contribution in [0.3, 0.4) is 0 Å². The number of hydrogen-bond acceptors (Lipinski definition) is 2. The predicted molar refractivity (Wildman–Crippen MR) is 132 cm³/mol. The van der Waals surface area contributed by atoms with Gasteiger partial charge in [0.15, 0.2) is 0 Å². The summed E-state index contributed by atoms with van der Waals surface area (Å²) in [4.78, 5) is 11.8. The molecule has 0 saturated heterocycles. The van der Waals surface area contributed by atoms with E-state index >= 15 is 0 Å². The Bertz CT molecular complexity index is 1200. The maximum absolute atomic E-state index is 14.3. The third-order valence-corrected chi connectivity index (χ3v) is 7.72. The van der Waals surface area contributed by atoms with Crippen LogP contribution in [0.1, 0.15) is 66.9 Å². The number of aryl methyl sites for hydroxylation is 2. The molecule has 1 heterocycles. The Kier molecular flexibility index (Phi) is 6.16. The zero-order valence-electron chi connectivity index (χ0n) is 19.8. The number of fused-ring (bicyclic) bond motifs is 1. The minimum absolute atomic E-state index is 0.0176. The molecule has 0 spiro atoms. The number of carbonyl (C=O) groups is 1. The highest BCUT2D eigenvalue weighted by Gasteiger charge is 2.36. The molecule has 3 unspecified atom stereocenters. The first-order valence-corrected chi connectivity index (χ1v) is 12.3. The Labute approximate surface area is 200 Å². The zero-order valence-corrected chi connectivity index (χ0v) is 19.8.